The number of rotatable bonds is 5. The molecule has 2 aliphatic heterocycles. The van der Waals surface area contributed by atoms with E-state index in [4.69, 9.17) is 0 Å². The van der Waals surface area contributed by atoms with Crippen LogP contribution in [0.2, 0.25) is 0 Å². The molecule has 1 N–H and O–H groups in total. The molecule has 2 heterocycles. The zero-order chi connectivity index (χ0) is 17.6. The van der Waals surface area contributed by atoms with Gasteiger partial charge in [0.1, 0.15) is 0 Å². The molecular formula is C21H34ClN3O. The van der Waals surface area contributed by atoms with Crippen molar-refractivity contribution in [1.29, 1.82) is 0 Å². The van der Waals surface area contributed by atoms with Crippen molar-refractivity contribution in [3.63, 3.8) is 0 Å². The van der Waals surface area contributed by atoms with Crippen LogP contribution in [0.5, 0.6) is 0 Å². The van der Waals surface area contributed by atoms with E-state index in [0.717, 1.165) is 57.9 Å². The molecule has 2 aliphatic rings. The molecule has 0 spiro atoms. The molecule has 0 aliphatic carbocycles. The average molecular weight is 380 g/mol. The highest BCUT2D eigenvalue weighted by atomic mass is 35.5. The van der Waals surface area contributed by atoms with E-state index in [1.165, 1.54) is 17.5 Å². The number of nitrogens with zero attached hydrogens (tertiary/aromatic N) is 2. The molecule has 26 heavy (non-hydrogen) atoms. The standard InChI is InChI=1S/C21H33N3O.ClH/c1-17-3-5-19(6-4-17)7-8-20-9-12-23(13-10-20)21(25)16-24-14-11-22-15-18(24)2;/h3-6,18,20,22H,7-16H2,1-2H3;1H/t18-;/m0./s1. The number of benzene rings is 1. The summed E-state index contributed by atoms with van der Waals surface area (Å²) in [7, 11) is 0. The first-order chi connectivity index (χ1) is 12.1. The maximum absolute atomic E-state index is 12.6. The number of piperidine rings is 1. The van der Waals surface area contributed by atoms with Crippen molar-refractivity contribution in [3.05, 3.63) is 35.4 Å². The van der Waals surface area contributed by atoms with E-state index in [2.05, 4.69) is 53.2 Å². The van der Waals surface area contributed by atoms with Crippen molar-refractivity contribution in [3.8, 4) is 0 Å². The third-order valence-corrected chi connectivity index (χ3v) is 5.91. The van der Waals surface area contributed by atoms with Gasteiger partial charge in [-0.3, -0.25) is 9.69 Å². The fourth-order valence-electron chi connectivity index (χ4n) is 3.99. The minimum absolute atomic E-state index is 0. The Bertz CT molecular complexity index is 555. The molecule has 2 fully saturated rings. The second-order valence-corrected chi connectivity index (χ2v) is 7.87. The van der Waals surface area contributed by atoms with Gasteiger partial charge in [0.05, 0.1) is 6.54 Å². The summed E-state index contributed by atoms with van der Waals surface area (Å²) in [6.45, 7) is 9.80. The highest BCUT2D eigenvalue weighted by Crippen LogP contribution is 2.23. The SMILES string of the molecule is Cc1ccc(CCC2CCN(C(=O)CN3CCNC[C@@H]3C)CC2)cc1.Cl. The molecule has 1 aromatic carbocycles. The van der Waals surface area contributed by atoms with Gasteiger partial charge >= 0.3 is 0 Å². The molecule has 3 rings (SSSR count). The zero-order valence-electron chi connectivity index (χ0n) is 16.2. The third-order valence-electron chi connectivity index (χ3n) is 5.91. The van der Waals surface area contributed by atoms with Gasteiger partial charge in [-0.2, -0.15) is 0 Å². The molecule has 146 valence electrons. The van der Waals surface area contributed by atoms with Crippen LogP contribution in [0.4, 0.5) is 0 Å². The maximum atomic E-state index is 12.6. The maximum Gasteiger partial charge on any atom is 0.236 e. The summed E-state index contributed by atoms with van der Waals surface area (Å²) in [4.78, 5) is 17.0. The summed E-state index contributed by atoms with van der Waals surface area (Å²) >= 11 is 0. The second-order valence-electron chi connectivity index (χ2n) is 7.87. The first-order valence-electron chi connectivity index (χ1n) is 9.90. The van der Waals surface area contributed by atoms with Gasteiger partial charge in [-0.05, 0) is 51.0 Å². The lowest BCUT2D eigenvalue weighted by Crippen LogP contribution is -2.53. The van der Waals surface area contributed by atoms with Crippen LogP contribution in [-0.2, 0) is 11.2 Å². The molecule has 0 bridgehead atoms. The third kappa shape index (κ3) is 5.97. The van der Waals surface area contributed by atoms with Crippen LogP contribution in [0.1, 0.15) is 37.3 Å². The quantitative estimate of drug-likeness (QED) is 0.854. The summed E-state index contributed by atoms with van der Waals surface area (Å²) in [6.07, 6.45) is 4.74. The molecule has 1 aromatic rings. The van der Waals surface area contributed by atoms with E-state index in [9.17, 15) is 4.79 Å². The number of nitrogens with one attached hydrogen (secondary N) is 1. The molecule has 4 nitrogen and oxygen atoms in total. The van der Waals surface area contributed by atoms with Crippen LogP contribution in [-0.4, -0.2) is 61.0 Å². The Kier molecular flexibility index (Phi) is 8.39. The van der Waals surface area contributed by atoms with Crippen LogP contribution in [0.15, 0.2) is 24.3 Å². The van der Waals surface area contributed by atoms with Crippen molar-refractivity contribution in [2.24, 2.45) is 5.92 Å². The molecule has 0 unspecified atom stereocenters. The lowest BCUT2D eigenvalue weighted by molar-refractivity contribution is -0.134. The van der Waals surface area contributed by atoms with Gasteiger partial charge in [0.25, 0.3) is 0 Å². The van der Waals surface area contributed by atoms with Crippen LogP contribution in [0.3, 0.4) is 0 Å². The summed E-state index contributed by atoms with van der Waals surface area (Å²) in [6, 6.07) is 9.37. The van der Waals surface area contributed by atoms with E-state index in [1.54, 1.807) is 0 Å². The second kappa shape index (κ2) is 10.3. The Balaban J connectivity index is 0.00000243. The lowest BCUT2D eigenvalue weighted by Gasteiger charge is -2.37. The molecule has 5 heteroatoms. The minimum atomic E-state index is 0. The molecule has 1 amide bonds. The Labute approximate surface area is 164 Å². The Morgan fingerprint density at radius 1 is 1.15 bits per heavy atom. The largest absolute Gasteiger partial charge is 0.342 e. The highest BCUT2D eigenvalue weighted by Gasteiger charge is 2.26. The van der Waals surface area contributed by atoms with Crippen molar-refractivity contribution in [1.82, 2.24) is 15.1 Å². The van der Waals surface area contributed by atoms with E-state index < -0.39 is 0 Å². The molecular weight excluding hydrogens is 346 g/mol. The Morgan fingerprint density at radius 2 is 1.85 bits per heavy atom. The number of hydrogen-bond acceptors (Lipinski definition) is 3. The topological polar surface area (TPSA) is 35.6 Å². The van der Waals surface area contributed by atoms with E-state index in [-0.39, 0.29) is 12.4 Å². The van der Waals surface area contributed by atoms with Crippen LogP contribution in [0.25, 0.3) is 0 Å². The van der Waals surface area contributed by atoms with Gasteiger partial charge < -0.3 is 10.2 Å². The van der Waals surface area contributed by atoms with Gasteiger partial charge in [0, 0.05) is 38.8 Å². The molecule has 0 aromatic heterocycles. The van der Waals surface area contributed by atoms with Crippen molar-refractivity contribution in [2.45, 2.75) is 45.6 Å². The number of halogens is 1. The number of carbonyl (C=O) groups excluding carboxylic acids is 1. The zero-order valence-corrected chi connectivity index (χ0v) is 17.1. The molecule has 0 radical (unpaired) electrons. The predicted molar refractivity (Wildman–Crippen MR) is 110 cm³/mol. The van der Waals surface area contributed by atoms with Gasteiger partial charge in [-0.25, -0.2) is 0 Å². The Hall–Kier alpha value is -1.10. The lowest BCUT2D eigenvalue weighted by atomic mass is 9.90. The van der Waals surface area contributed by atoms with E-state index >= 15 is 0 Å². The normalized spacial score (nSPS) is 22.1. The van der Waals surface area contributed by atoms with Gasteiger partial charge in [-0.15, -0.1) is 12.4 Å². The van der Waals surface area contributed by atoms with Gasteiger partial charge in [0.2, 0.25) is 5.91 Å². The fraction of sp³-hybridized carbons (Fsp3) is 0.667. The van der Waals surface area contributed by atoms with Crippen LogP contribution < -0.4 is 5.32 Å². The highest BCUT2D eigenvalue weighted by molar-refractivity contribution is 5.85. The van der Waals surface area contributed by atoms with Crippen molar-refractivity contribution < 1.29 is 4.79 Å². The predicted octanol–water partition coefficient (Wildman–Crippen LogP) is 2.88. The first kappa shape index (κ1) is 21.2. The molecule has 1 atom stereocenters. The summed E-state index contributed by atoms with van der Waals surface area (Å²) in [5, 5.41) is 3.39. The number of hydrogen-bond donors (Lipinski definition) is 1. The van der Waals surface area contributed by atoms with Crippen molar-refractivity contribution >= 4 is 18.3 Å². The van der Waals surface area contributed by atoms with Crippen LogP contribution >= 0.6 is 12.4 Å². The molecule has 0 saturated carbocycles. The number of aryl methyl sites for hydroxylation is 2. The number of piperazine rings is 1. The average Bonchev–Trinajstić information content (AvgIpc) is 2.63. The Morgan fingerprint density at radius 3 is 2.50 bits per heavy atom. The number of likely N-dealkylation sites (tertiary alicyclic amines) is 1. The smallest absolute Gasteiger partial charge is 0.236 e. The first-order valence-corrected chi connectivity index (χ1v) is 9.90. The minimum Gasteiger partial charge on any atom is -0.342 e. The van der Waals surface area contributed by atoms with Crippen LogP contribution in [0, 0.1) is 12.8 Å². The number of amides is 1. The fourth-order valence-corrected chi connectivity index (χ4v) is 3.99. The summed E-state index contributed by atoms with van der Waals surface area (Å²) in [5.41, 5.74) is 2.77. The summed E-state index contributed by atoms with van der Waals surface area (Å²) in [5.74, 6) is 1.09. The number of carbonyl (C=O) groups is 1. The summed E-state index contributed by atoms with van der Waals surface area (Å²) < 4.78 is 0. The van der Waals surface area contributed by atoms with Crippen molar-refractivity contribution in [2.75, 3.05) is 39.3 Å². The van der Waals surface area contributed by atoms with Gasteiger partial charge in [-0.1, -0.05) is 29.8 Å². The molecule has 2 saturated heterocycles. The van der Waals surface area contributed by atoms with Gasteiger partial charge in [0.15, 0.2) is 0 Å². The van der Waals surface area contributed by atoms with E-state index in [0.29, 0.717) is 18.5 Å². The monoisotopic (exact) mass is 379 g/mol. The van der Waals surface area contributed by atoms with E-state index in [1.807, 2.05) is 0 Å².